The van der Waals surface area contributed by atoms with Crippen LogP contribution in [0.3, 0.4) is 0 Å². The maximum absolute atomic E-state index is 13.4. The molecule has 4 aromatic rings. The van der Waals surface area contributed by atoms with Crippen molar-refractivity contribution in [1.82, 2.24) is 24.7 Å². The van der Waals surface area contributed by atoms with Gasteiger partial charge in [0.2, 0.25) is 5.95 Å². The zero-order valence-corrected chi connectivity index (χ0v) is 15.0. The molecule has 0 saturated carbocycles. The Morgan fingerprint density at radius 1 is 0.852 bits per heavy atom. The summed E-state index contributed by atoms with van der Waals surface area (Å²) in [5.41, 5.74) is 2.61. The van der Waals surface area contributed by atoms with Crippen molar-refractivity contribution in [2.24, 2.45) is 0 Å². The fourth-order valence-electron chi connectivity index (χ4n) is 2.88. The average Bonchev–Trinajstić information content (AvgIpc) is 3.20. The van der Waals surface area contributed by atoms with Crippen LogP contribution in [-0.4, -0.2) is 24.7 Å². The van der Waals surface area contributed by atoms with Gasteiger partial charge in [0.1, 0.15) is 5.69 Å². The SMILES string of the molecule is CC(C)(c1ccnc(-c2cccc(F)n2)n1)c1ccn(-c2ccccc2)n1. The van der Waals surface area contributed by atoms with E-state index < -0.39 is 11.4 Å². The van der Waals surface area contributed by atoms with Gasteiger partial charge >= 0.3 is 0 Å². The highest BCUT2D eigenvalue weighted by molar-refractivity contribution is 5.49. The van der Waals surface area contributed by atoms with E-state index in [0.29, 0.717) is 11.5 Å². The number of nitrogens with zero attached hydrogens (tertiary/aromatic N) is 5. The number of aromatic nitrogens is 5. The van der Waals surface area contributed by atoms with E-state index in [9.17, 15) is 4.39 Å². The molecular weight excluding hydrogens is 341 g/mol. The molecule has 3 heterocycles. The molecule has 0 fully saturated rings. The molecule has 0 spiro atoms. The maximum atomic E-state index is 13.4. The van der Waals surface area contributed by atoms with Crippen LogP contribution in [0.15, 0.2) is 73.1 Å². The molecule has 0 aliphatic rings. The third-order valence-corrected chi connectivity index (χ3v) is 4.49. The van der Waals surface area contributed by atoms with Crippen LogP contribution in [0.25, 0.3) is 17.2 Å². The van der Waals surface area contributed by atoms with Gasteiger partial charge in [0.15, 0.2) is 5.82 Å². The first-order valence-electron chi connectivity index (χ1n) is 8.62. The number of hydrogen-bond acceptors (Lipinski definition) is 4. The second kappa shape index (κ2) is 6.72. The molecule has 6 heteroatoms. The van der Waals surface area contributed by atoms with Crippen molar-refractivity contribution < 1.29 is 4.39 Å². The number of para-hydroxylation sites is 1. The van der Waals surface area contributed by atoms with Crippen molar-refractivity contribution in [1.29, 1.82) is 0 Å². The summed E-state index contributed by atoms with van der Waals surface area (Å²) in [6.07, 6.45) is 3.60. The Morgan fingerprint density at radius 2 is 1.67 bits per heavy atom. The molecule has 0 aliphatic heterocycles. The Kier molecular flexibility index (Phi) is 4.24. The molecule has 0 saturated heterocycles. The van der Waals surface area contributed by atoms with Crippen LogP contribution in [0.2, 0.25) is 0 Å². The van der Waals surface area contributed by atoms with Gasteiger partial charge in [-0.15, -0.1) is 0 Å². The van der Waals surface area contributed by atoms with Gasteiger partial charge in [-0.05, 0) is 50.2 Å². The molecular formula is C21H18FN5. The standard InChI is InChI=1S/C21H18FN5/c1-21(2,18-12-14-27(26-18)15-7-4-3-5-8-15)17-11-13-23-20(25-17)16-9-6-10-19(22)24-16/h3-14H,1-2H3. The summed E-state index contributed by atoms with van der Waals surface area (Å²) in [6, 6.07) is 18.4. The summed E-state index contributed by atoms with van der Waals surface area (Å²) in [7, 11) is 0. The van der Waals surface area contributed by atoms with Gasteiger partial charge in [-0.3, -0.25) is 0 Å². The van der Waals surface area contributed by atoms with Gasteiger partial charge in [-0.25, -0.2) is 19.6 Å². The normalized spacial score (nSPS) is 11.5. The Morgan fingerprint density at radius 3 is 2.44 bits per heavy atom. The maximum Gasteiger partial charge on any atom is 0.213 e. The van der Waals surface area contributed by atoms with Gasteiger partial charge in [-0.1, -0.05) is 24.3 Å². The minimum Gasteiger partial charge on any atom is -0.241 e. The summed E-state index contributed by atoms with van der Waals surface area (Å²) < 4.78 is 15.3. The monoisotopic (exact) mass is 359 g/mol. The highest BCUT2D eigenvalue weighted by Crippen LogP contribution is 2.30. The predicted molar refractivity (Wildman–Crippen MR) is 101 cm³/mol. The Bertz CT molecular complexity index is 1070. The van der Waals surface area contributed by atoms with E-state index >= 15 is 0 Å². The van der Waals surface area contributed by atoms with Crippen LogP contribution in [0, 0.1) is 5.95 Å². The molecule has 0 amide bonds. The average molecular weight is 359 g/mol. The van der Waals surface area contributed by atoms with Crippen LogP contribution in [0.5, 0.6) is 0 Å². The topological polar surface area (TPSA) is 56.5 Å². The molecule has 0 aliphatic carbocycles. The summed E-state index contributed by atoms with van der Waals surface area (Å²) >= 11 is 0. The lowest BCUT2D eigenvalue weighted by Crippen LogP contribution is -2.22. The van der Waals surface area contributed by atoms with Crippen molar-refractivity contribution in [2.45, 2.75) is 19.3 Å². The third-order valence-electron chi connectivity index (χ3n) is 4.49. The van der Waals surface area contributed by atoms with Gasteiger partial charge < -0.3 is 0 Å². The van der Waals surface area contributed by atoms with Gasteiger partial charge in [0.05, 0.1) is 22.5 Å². The summed E-state index contributed by atoms with van der Waals surface area (Å²) in [5.74, 6) is -0.162. The van der Waals surface area contributed by atoms with E-state index in [1.807, 2.05) is 53.3 Å². The molecule has 5 nitrogen and oxygen atoms in total. The Hall–Kier alpha value is -3.41. The minimum absolute atomic E-state index is 0.391. The van der Waals surface area contributed by atoms with E-state index in [4.69, 9.17) is 5.10 Å². The molecule has 3 aromatic heterocycles. The molecule has 0 radical (unpaired) electrons. The minimum atomic E-state index is -0.553. The van der Waals surface area contributed by atoms with Crippen molar-refractivity contribution in [3.8, 4) is 17.2 Å². The zero-order chi connectivity index (χ0) is 18.9. The van der Waals surface area contributed by atoms with Crippen molar-refractivity contribution in [3.05, 3.63) is 90.4 Å². The second-order valence-electron chi connectivity index (χ2n) is 6.72. The lowest BCUT2D eigenvalue weighted by molar-refractivity contribution is 0.579. The number of pyridine rings is 1. The molecule has 0 atom stereocenters. The molecule has 4 rings (SSSR count). The Balaban J connectivity index is 1.70. The second-order valence-corrected chi connectivity index (χ2v) is 6.72. The van der Waals surface area contributed by atoms with Crippen molar-refractivity contribution in [3.63, 3.8) is 0 Å². The fourth-order valence-corrected chi connectivity index (χ4v) is 2.88. The number of hydrogen-bond donors (Lipinski definition) is 0. The lowest BCUT2D eigenvalue weighted by Gasteiger charge is -2.22. The van der Waals surface area contributed by atoms with Crippen molar-refractivity contribution in [2.75, 3.05) is 0 Å². The molecule has 134 valence electrons. The van der Waals surface area contributed by atoms with Crippen LogP contribution >= 0.6 is 0 Å². The first-order valence-corrected chi connectivity index (χ1v) is 8.62. The first-order chi connectivity index (χ1) is 13.0. The highest BCUT2D eigenvalue weighted by atomic mass is 19.1. The number of halogens is 1. The summed E-state index contributed by atoms with van der Waals surface area (Å²) in [6.45, 7) is 4.10. The molecule has 27 heavy (non-hydrogen) atoms. The summed E-state index contributed by atoms with van der Waals surface area (Å²) in [4.78, 5) is 12.7. The lowest BCUT2D eigenvalue weighted by atomic mass is 9.85. The predicted octanol–water partition coefficient (Wildman–Crippen LogP) is 4.19. The van der Waals surface area contributed by atoms with Crippen molar-refractivity contribution >= 4 is 0 Å². The number of rotatable bonds is 4. The van der Waals surface area contributed by atoms with E-state index in [2.05, 4.69) is 28.8 Å². The van der Waals surface area contributed by atoms with E-state index in [0.717, 1.165) is 17.1 Å². The van der Waals surface area contributed by atoms with E-state index in [-0.39, 0.29) is 0 Å². The zero-order valence-electron chi connectivity index (χ0n) is 15.0. The first kappa shape index (κ1) is 17.0. The van der Waals surface area contributed by atoms with Gasteiger partial charge in [-0.2, -0.15) is 9.49 Å². The van der Waals surface area contributed by atoms with Crippen LogP contribution in [0.4, 0.5) is 4.39 Å². The van der Waals surface area contributed by atoms with Gasteiger partial charge in [0.25, 0.3) is 0 Å². The highest BCUT2D eigenvalue weighted by Gasteiger charge is 2.28. The van der Waals surface area contributed by atoms with E-state index in [1.165, 1.54) is 6.07 Å². The van der Waals surface area contributed by atoms with E-state index in [1.54, 1.807) is 18.3 Å². The quantitative estimate of drug-likeness (QED) is 0.513. The smallest absolute Gasteiger partial charge is 0.213 e. The fraction of sp³-hybridized carbons (Fsp3) is 0.143. The molecule has 0 N–H and O–H groups in total. The molecule has 0 unspecified atom stereocenters. The summed E-state index contributed by atoms with van der Waals surface area (Å²) in [5, 5.41) is 4.73. The van der Waals surface area contributed by atoms with Crippen LogP contribution < -0.4 is 0 Å². The molecule has 1 aromatic carbocycles. The largest absolute Gasteiger partial charge is 0.241 e. The molecule has 0 bridgehead atoms. The van der Waals surface area contributed by atoms with Gasteiger partial charge in [0, 0.05) is 12.4 Å². The third kappa shape index (κ3) is 3.33. The van der Waals surface area contributed by atoms with Crippen LogP contribution in [0.1, 0.15) is 25.2 Å². The Labute approximate surface area is 156 Å². The van der Waals surface area contributed by atoms with Crippen LogP contribution in [-0.2, 0) is 5.41 Å². The number of benzene rings is 1.